The van der Waals surface area contributed by atoms with Crippen LogP contribution in [0.3, 0.4) is 0 Å². The molecule has 3 amide bonds. The summed E-state index contributed by atoms with van der Waals surface area (Å²) in [7, 11) is 3.17. The molecular formula is C41H65N5O6S. The molecule has 3 rings (SSSR count). The Hall–Kier alpha value is -3.35. The molecule has 0 saturated carbocycles. The monoisotopic (exact) mass is 755 g/mol. The molecule has 1 aromatic heterocycles. The SMILES string of the molecule is CCCO[C@H](C[C@H](C(C)C)N(CCC)C(=O)[C@@H](NC(=O)[C@@H](NC)[C@@H](C)CC)[C@@H](C)CC)c1nc(C(=O)NC2Cc3ccccc3[C@H](C(=O)OC)C2)cs1. The van der Waals surface area contributed by atoms with E-state index in [1.165, 1.54) is 18.4 Å². The van der Waals surface area contributed by atoms with Crippen molar-refractivity contribution in [3.8, 4) is 0 Å². The summed E-state index contributed by atoms with van der Waals surface area (Å²) in [6.45, 7) is 17.5. The molecule has 2 aromatic rings. The van der Waals surface area contributed by atoms with Crippen LogP contribution in [0.25, 0.3) is 0 Å². The molecule has 0 aliphatic heterocycles. The molecular weight excluding hydrogens is 691 g/mol. The first-order chi connectivity index (χ1) is 25.3. The summed E-state index contributed by atoms with van der Waals surface area (Å²) in [4.78, 5) is 61.2. The molecule has 0 spiro atoms. The van der Waals surface area contributed by atoms with E-state index in [4.69, 9.17) is 14.5 Å². The standard InChI is InChI=1S/C41H65N5O6S/c1-11-19-46(40(49)36(27(8)14-4)45-38(48)35(42-9)26(7)13-3)33(25(5)6)23-34(52-20-12-2)39-44-32(24-53-39)37(47)43-29-21-28-17-15-16-18-30(28)31(22-29)41(50)51-10/h15-18,24-27,29,31,33-36,42H,11-14,19-23H2,1-10H3,(H,43,47)(H,45,48)/t26-,27-,29?,31+,33+,34+,35-,36-/m0/s1. The summed E-state index contributed by atoms with van der Waals surface area (Å²) < 4.78 is 11.5. The third-order valence-corrected chi connectivity index (χ3v) is 11.7. The van der Waals surface area contributed by atoms with Gasteiger partial charge in [0.25, 0.3) is 5.91 Å². The molecule has 8 atom stereocenters. The number of carbonyl (C=O) groups excluding carboxylic acids is 4. The summed E-state index contributed by atoms with van der Waals surface area (Å²) >= 11 is 1.38. The Morgan fingerprint density at radius 3 is 2.26 bits per heavy atom. The Balaban J connectivity index is 1.86. The third-order valence-electron chi connectivity index (χ3n) is 10.7. The van der Waals surface area contributed by atoms with Crippen molar-refractivity contribution in [2.45, 2.75) is 137 Å². The molecule has 1 aliphatic carbocycles. The van der Waals surface area contributed by atoms with E-state index in [1.807, 2.05) is 56.9 Å². The lowest BCUT2D eigenvalue weighted by atomic mass is 9.80. The Labute approximate surface area is 321 Å². The number of aromatic nitrogens is 1. The minimum atomic E-state index is -0.670. The predicted octanol–water partition coefficient (Wildman–Crippen LogP) is 6.43. The smallest absolute Gasteiger partial charge is 0.313 e. The largest absolute Gasteiger partial charge is 0.469 e. The van der Waals surface area contributed by atoms with Gasteiger partial charge in [0.1, 0.15) is 22.8 Å². The Morgan fingerprint density at radius 1 is 0.981 bits per heavy atom. The fourth-order valence-electron chi connectivity index (χ4n) is 7.27. The maximum atomic E-state index is 14.6. The van der Waals surface area contributed by atoms with Crippen molar-refractivity contribution >= 4 is 35.0 Å². The second kappa shape index (κ2) is 21.5. The van der Waals surface area contributed by atoms with Gasteiger partial charge in [-0.15, -0.1) is 11.3 Å². The molecule has 11 nitrogen and oxygen atoms in total. The fraction of sp³-hybridized carbons (Fsp3) is 0.683. The van der Waals surface area contributed by atoms with Gasteiger partial charge in [-0.05, 0) is 61.6 Å². The normalized spacial score (nSPS) is 18.9. The molecule has 53 heavy (non-hydrogen) atoms. The first-order valence-corrected chi connectivity index (χ1v) is 20.5. The minimum absolute atomic E-state index is 0.0687. The number of amides is 3. The van der Waals surface area contributed by atoms with Crippen LogP contribution in [0.4, 0.5) is 0 Å². The number of benzene rings is 1. The number of nitrogens with one attached hydrogen (secondary N) is 3. The Kier molecular flexibility index (Phi) is 17.9. The maximum absolute atomic E-state index is 14.6. The number of fused-ring (bicyclic) bond motifs is 1. The summed E-state index contributed by atoms with van der Waals surface area (Å²) in [5, 5.41) is 11.9. The van der Waals surface area contributed by atoms with Gasteiger partial charge >= 0.3 is 5.97 Å². The summed E-state index contributed by atoms with van der Waals surface area (Å²) in [5.41, 5.74) is 2.26. The van der Waals surface area contributed by atoms with Crippen molar-refractivity contribution in [1.82, 2.24) is 25.8 Å². The number of methoxy groups -OCH3 is 1. The third kappa shape index (κ3) is 11.6. The van der Waals surface area contributed by atoms with E-state index in [1.54, 1.807) is 12.4 Å². The maximum Gasteiger partial charge on any atom is 0.313 e. The average Bonchev–Trinajstić information content (AvgIpc) is 3.66. The highest BCUT2D eigenvalue weighted by molar-refractivity contribution is 7.09. The van der Waals surface area contributed by atoms with Gasteiger partial charge in [0.2, 0.25) is 11.8 Å². The first-order valence-electron chi connectivity index (χ1n) is 19.7. The summed E-state index contributed by atoms with van der Waals surface area (Å²) in [6.07, 6.45) is 4.23. The van der Waals surface area contributed by atoms with Crippen LogP contribution in [0.15, 0.2) is 29.6 Å². The molecule has 0 bridgehead atoms. The van der Waals surface area contributed by atoms with E-state index in [0.717, 1.165) is 36.8 Å². The molecule has 0 fully saturated rings. The highest BCUT2D eigenvalue weighted by atomic mass is 32.1. The van der Waals surface area contributed by atoms with Crippen LogP contribution < -0.4 is 16.0 Å². The van der Waals surface area contributed by atoms with E-state index < -0.39 is 24.1 Å². The van der Waals surface area contributed by atoms with Gasteiger partial charge in [-0.3, -0.25) is 19.2 Å². The van der Waals surface area contributed by atoms with Crippen molar-refractivity contribution in [3.05, 3.63) is 51.5 Å². The molecule has 0 radical (unpaired) electrons. The van der Waals surface area contributed by atoms with Gasteiger partial charge in [-0.25, -0.2) is 4.98 Å². The number of hydrogen-bond acceptors (Lipinski definition) is 9. The summed E-state index contributed by atoms with van der Waals surface area (Å²) in [6, 6.07) is 6.26. The molecule has 0 saturated heterocycles. The van der Waals surface area contributed by atoms with Crippen LogP contribution in [-0.4, -0.2) is 85.1 Å². The highest BCUT2D eigenvalue weighted by Crippen LogP contribution is 2.34. The lowest BCUT2D eigenvalue weighted by Crippen LogP contribution is -2.59. The number of carbonyl (C=O) groups is 4. The van der Waals surface area contributed by atoms with Crippen molar-refractivity contribution in [2.24, 2.45) is 17.8 Å². The zero-order valence-electron chi connectivity index (χ0n) is 33.7. The van der Waals surface area contributed by atoms with Gasteiger partial charge < -0.3 is 30.3 Å². The lowest BCUT2D eigenvalue weighted by Gasteiger charge is -2.39. The second-order valence-corrected chi connectivity index (χ2v) is 15.8. The van der Waals surface area contributed by atoms with E-state index in [9.17, 15) is 19.2 Å². The van der Waals surface area contributed by atoms with E-state index in [0.29, 0.717) is 43.1 Å². The van der Waals surface area contributed by atoms with E-state index >= 15 is 0 Å². The minimum Gasteiger partial charge on any atom is -0.469 e. The van der Waals surface area contributed by atoms with Crippen LogP contribution in [-0.2, 0) is 30.3 Å². The van der Waals surface area contributed by atoms with Crippen molar-refractivity contribution < 1.29 is 28.7 Å². The van der Waals surface area contributed by atoms with Crippen LogP contribution in [0.5, 0.6) is 0 Å². The molecule has 296 valence electrons. The molecule has 1 unspecified atom stereocenters. The van der Waals surface area contributed by atoms with Gasteiger partial charge in [-0.2, -0.15) is 0 Å². The predicted molar refractivity (Wildman–Crippen MR) is 211 cm³/mol. The lowest BCUT2D eigenvalue weighted by molar-refractivity contribution is -0.143. The number of rotatable bonds is 21. The molecule has 1 heterocycles. The number of esters is 1. The number of likely N-dealkylation sites (N-methyl/N-ethyl adjacent to an activating group) is 1. The number of ether oxygens (including phenoxy) is 2. The molecule has 3 N–H and O–H groups in total. The molecule has 1 aromatic carbocycles. The quantitative estimate of drug-likeness (QED) is 0.124. The molecule has 12 heteroatoms. The van der Waals surface area contributed by atoms with Gasteiger partial charge in [0.15, 0.2) is 0 Å². The van der Waals surface area contributed by atoms with Crippen LogP contribution in [0.1, 0.15) is 133 Å². The fourth-order valence-corrected chi connectivity index (χ4v) is 8.13. The highest BCUT2D eigenvalue weighted by Gasteiger charge is 2.38. The first kappa shape index (κ1) is 44.0. The topological polar surface area (TPSA) is 139 Å². The Bertz CT molecular complexity index is 1480. The van der Waals surface area contributed by atoms with Crippen LogP contribution in [0.2, 0.25) is 0 Å². The van der Waals surface area contributed by atoms with Gasteiger partial charge in [-0.1, -0.05) is 92.5 Å². The van der Waals surface area contributed by atoms with Gasteiger partial charge in [0.05, 0.1) is 19.1 Å². The zero-order valence-corrected chi connectivity index (χ0v) is 34.5. The van der Waals surface area contributed by atoms with Crippen LogP contribution >= 0.6 is 11.3 Å². The van der Waals surface area contributed by atoms with Gasteiger partial charge in [0, 0.05) is 37.0 Å². The van der Waals surface area contributed by atoms with E-state index in [-0.39, 0.29) is 53.5 Å². The second-order valence-electron chi connectivity index (χ2n) is 14.9. The van der Waals surface area contributed by atoms with Crippen LogP contribution in [0, 0.1) is 17.8 Å². The zero-order chi connectivity index (χ0) is 39.2. The Morgan fingerprint density at radius 2 is 1.66 bits per heavy atom. The average molecular weight is 756 g/mol. The summed E-state index contributed by atoms with van der Waals surface area (Å²) in [5.74, 6) is -1.19. The van der Waals surface area contributed by atoms with E-state index in [2.05, 4.69) is 43.6 Å². The number of thiazole rings is 1. The molecule has 1 aliphatic rings. The van der Waals surface area contributed by atoms with Crippen molar-refractivity contribution in [2.75, 3.05) is 27.3 Å². The van der Waals surface area contributed by atoms with Crippen molar-refractivity contribution in [1.29, 1.82) is 0 Å². The van der Waals surface area contributed by atoms with Crippen molar-refractivity contribution in [3.63, 3.8) is 0 Å². The number of hydrogen-bond donors (Lipinski definition) is 3. The number of nitrogens with zero attached hydrogens (tertiary/aromatic N) is 2.